The number of carbonyl (C=O) groups is 2. The lowest BCUT2D eigenvalue weighted by Crippen LogP contribution is -2.19. The van der Waals surface area contributed by atoms with Crippen molar-refractivity contribution in [3.8, 4) is 22.4 Å². The number of amides is 1. The number of benzene rings is 3. The van der Waals surface area contributed by atoms with E-state index in [-0.39, 0.29) is 19.1 Å². The first-order valence-electron chi connectivity index (χ1n) is 12.9. The standard InChI is InChI=1S/C30H24Cl2N6O3S/c1-2-41-30(40)27-26(19-9-5-3-6-10-19)28(20-11-7-4-8-12-20)35-36-29(27)42-18-22-16-38(37-34-22)17-25(39)33-21-13-14-23(31)24(32)15-21/h3-16H,2,17-18H2,1H3,(H,33,39). The van der Waals surface area contributed by atoms with Crippen LogP contribution < -0.4 is 5.32 Å². The quantitative estimate of drug-likeness (QED) is 0.134. The number of anilines is 1. The molecule has 1 amide bonds. The van der Waals surface area contributed by atoms with Crippen molar-refractivity contribution >= 4 is 52.5 Å². The Morgan fingerprint density at radius 3 is 2.31 bits per heavy atom. The average molecular weight is 620 g/mol. The van der Waals surface area contributed by atoms with Gasteiger partial charge in [0.2, 0.25) is 5.91 Å². The highest BCUT2D eigenvalue weighted by atomic mass is 35.5. The Kier molecular flexibility index (Phi) is 9.48. The number of nitrogens with one attached hydrogen (secondary N) is 1. The molecule has 9 nitrogen and oxygen atoms in total. The van der Waals surface area contributed by atoms with Crippen LogP contribution in [-0.4, -0.2) is 43.7 Å². The molecule has 0 saturated heterocycles. The number of rotatable bonds is 10. The van der Waals surface area contributed by atoms with Crippen LogP contribution in [0.15, 0.2) is 90.1 Å². The van der Waals surface area contributed by atoms with Gasteiger partial charge < -0.3 is 10.1 Å². The van der Waals surface area contributed by atoms with Crippen molar-refractivity contribution in [1.82, 2.24) is 25.2 Å². The summed E-state index contributed by atoms with van der Waals surface area (Å²) in [4.78, 5) is 25.9. The van der Waals surface area contributed by atoms with Gasteiger partial charge in [-0.25, -0.2) is 9.48 Å². The van der Waals surface area contributed by atoms with Gasteiger partial charge in [0.25, 0.3) is 0 Å². The highest BCUT2D eigenvalue weighted by Crippen LogP contribution is 2.38. The molecule has 2 heterocycles. The van der Waals surface area contributed by atoms with Crippen molar-refractivity contribution in [2.24, 2.45) is 0 Å². The number of hydrogen-bond acceptors (Lipinski definition) is 8. The summed E-state index contributed by atoms with van der Waals surface area (Å²) in [6, 6.07) is 24.0. The molecule has 5 rings (SSSR count). The second-order valence-electron chi connectivity index (χ2n) is 8.93. The zero-order chi connectivity index (χ0) is 29.5. The van der Waals surface area contributed by atoms with E-state index in [4.69, 9.17) is 27.9 Å². The molecule has 3 aromatic carbocycles. The molecule has 12 heteroatoms. The number of thioether (sulfide) groups is 1. The molecule has 42 heavy (non-hydrogen) atoms. The average Bonchev–Trinajstić information content (AvgIpc) is 3.45. The van der Waals surface area contributed by atoms with E-state index in [1.54, 1.807) is 31.3 Å². The number of carbonyl (C=O) groups excluding carboxylic acids is 2. The molecule has 212 valence electrons. The highest BCUT2D eigenvalue weighted by Gasteiger charge is 2.26. The van der Waals surface area contributed by atoms with E-state index in [1.165, 1.54) is 16.4 Å². The number of nitrogens with zero attached hydrogens (tertiary/aromatic N) is 5. The molecule has 0 aliphatic heterocycles. The summed E-state index contributed by atoms with van der Waals surface area (Å²) in [5.41, 5.74) is 4.29. The Balaban J connectivity index is 1.39. The van der Waals surface area contributed by atoms with Gasteiger partial charge in [0.15, 0.2) is 0 Å². The first kappa shape index (κ1) is 29.2. The minimum Gasteiger partial charge on any atom is -0.462 e. The molecule has 2 aromatic heterocycles. The first-order chi connectivity index (χ1) is 20.4. The van der Waals surface area contributed by atoms with Crippen LogP contribution in [0.3, 0.4) is 0 Å². The molecule has 0 spiro atoms. The van der Waals surface area contributed by atoms with E-state index in [9.17, 15) is 9.59 Å². The van der Waals surface area contributed by atoms with Crippen molar-refractivity contribution < 1.29 is 14.3 Å². The normalized spacial score (nSPS) is 10.8. The van der Waals surface area contributed by atoms with Crippen LogP contribution in [0.1, 0.15) is 23.0 Å². The molecule has 0 saturated carbocycles. The molecular weight excluding hydrogens is 595 g/mol. The van der Waals surface area contributed by atoms with Crippen LogP contribution in [0.25, 0.3) is 22.4 Å². The summed E-state index contributed by atoms with van der Waals surface area (Å²) in [5.74, 6) is -0.473. The van der Waals surface area contributed by atoms with E-state index in [0.717, 1.165) is 11.1 Å². The summed E-state index contributed by atoms with van der Waals surface area (Å²) in [7, 11) is 0. The van der Waals surface area contributed by atoms with Crippen molar-refractivity contribution in [3.05, 3.63) is 106 Å². The monoisotopic (exact) mass is 618 g/mol. The third-order valence-electron chi connectivity index (χ3n) is 5.98. The lowest BCUT2D eigenvalue weighted by atomic mass is 9.96. The van der Waals surface area contributed by atoms with Gasteiger partial charge >= 0.3 is 5.97 Å². The Bertz CT molecular complexity index is 1720. The third kappa shape index (κ3) is 6.96. The van der Waals surface area contributed by atoms with Gasteiger partial charge in [-0.15, -0.1) is 15.3 Å². The van der Waals surface area contributed by atoms with Crippen molar-refractivity contribution in [2.75, 3.05) is 11.9 Å². The molecule has 0 bridgehead atoms. The van der Waals surface area contributed by atoms with E-state index in [0.29, 0.717) is 49.0 Å². The Morgan fingerprint density at radius 1 is 0.905 bits per heavy atom. The summed E-state index contributed by atoms with van der Waals surface area (Å²) in [6.07, 6.45) is 1.66. The molecule has 0 aliphatic carbocycles. The molecule has 0 aliphatic rings. The number of halogens is 2. The van der Waals surface area contributed by atoms with Crippen molar-refractivity contribution in [1.29, 1.82) is 0 Å². The number of ether oxygens (including phenoxy) is 1. The van der Waals surface area contributed by atoms with Gasteiger partial charge in [-0.3, -0.25) is 4.79 Å². The molecule has 1 N–H and O–H groups in total. The van der Waals surface area contributed by atoms with Gasteiger partial charge in [-0.2, -0.15) is 0 Å². The minimum absolute atomic E-state index is 0.0598. The lowest BCUT2D eigenvalue weighted by molar-refractivity contribution is -0.116. The number of aromatic nitrogens is 5. The topological polar surface area (TPSA) is 112 Å². The van der Waals surface area contributed by atoms with Crippen molar-refractivity contribution in [2.45, 2.75) is 24.2 Å². The molecule has 0 radical (unpaired) electrons. The van der Waals surface area contributed by atoms with Gasteiger partial charge in [0, 0.05) is 28.8 Å². The van der Waals surface area contributed by atoms with Gasteiger partial charge in [0.1, 0.15) is 22.8 Å². The second kappa shape index (κ2) is 13.6. The first-order valence-corrected chi connectivity index (χ1v) is 14.6. The predicted octanol–water partition coefficient (Wildman–Crippen LogP) is 6.82. The van der Waals surface area contributed by atoms with E-state index in [2.05, 4.69) is 25.8 Å². The maximum atomic E-state index is 13.4. The van der Waals surface area contributed by atoms with Gasteiger partial charge in [-0.1, -0.05) is 101 Å². The summed E-state index contributed by atoms with van der Waals surface area (Å²) < 4.78 is 6.90. The molecule has 5 aromatic rings. The molecule has 0 fully saturated rings. The maximum absolute atomic E-state index is 13.4. The van der Waals surface area contributed by atoms with E-state index in [1.807, 2.05) is 60.7 Å². The fourth-order valence-corrected chi connectivity index (χ4v) is 5.29. The number of hydrogen-bond donors (Lipinski definition) is 1. The molecule has 0 atom stereocenters. The Labute approximate surface area is 256 Å². The Morgan fingerprint density at radius 2 is 1.62 bits per heavy atom. The van der Waals surface area contributed by atoms with Gasteiger partial charge in [0.05, 0.1) is 22.3 Å². The number of esters is 1. The van der Waals surface area contributed by atoms with E-state index >= 15 is 0 Å². The van der Waals surface area contributed by atoms with Crippen molar-refractivity contribution in [3.63, 3.8) is 0 Å². The zero-order valence-electron chi connectivity index (χ0n) is 22.3. The highest BCUT2D eigenvalue weighted by molar-refractivity contribution is 7.98. The largest absolute Gasteiger partial charge is 0.462 e. The van der Waals surface area contributed by atoms with E-state index < -0.39 is 5.97 Å². The molecular formula is C30H24Cl2N6O3S. The molecule has 0 unspecified atom stereocenters. The zero-order valence-corrected chi connectivity index (χ0v) is 24.7. The van der Waals surface area contributed by atoms with Crippen LogP contribution in [0.2, 0.25) is 10.0 Å². The third-order valence-corrected chi connectivity index (χ3v) is 7.72. The van der Waals surface area contributed by atoms with Gasteiger partial charge in [-0.05, 0) is 30.7 Å². The predicted molar refractivity (Wildman–Crippen MR) is 164 cm³/mol. The van der Waals surface area contributed by atoms with Crippen LogP contribution >= 0.6 is 35.0 Å². The minimum atomic E-state index is -0.492. The lowest BCUT2D eigenvalue weighted by Gasteiger charge is -2.16. The summed E-state index contributed by atoms with van der Waals surface area (Å²) in [6.45, 7) is 1.91. The Hall–Kier alpha value is -4.25. The van der Waals surface area contributed by atoms with Crippen LogP contribution in [0.4, 0.5) is 5.69 Å². The smallest absolute Gasteiger partial charge is 0.341 e. The van der Waals surface area contributed by atoms with Crippen LogP contribution in [0, 0.1) is 0 Å². The summed E-state index contributed by atoms with van der Waals surface area (Å²) >= 11 is 13.3. The SMILES string of the molecule is CCOC(=O)c1c(SCc2cn(CC(=O)Nc3ccc(Cl)c(Cl)c3)nn2)nnc(-c2ccccc2)c1-c1ccccc1. The fourth-order valence-electron chi connectivity index (χ4n) is 4.14. The summed E-state index contributed by atoms with van der Waals surface area (Å²) in [5, 5.41) is 21.1. The fraction of sp³-hybridized carbons (Fsp3) is 0.133. The maximum Gasteiger partial charge on any atom is 0.341 e. The van der Waals surface area contributed by atoms with Crippen LogP contribution in [-0.2, 0) is 21.8 Å². The second-order valence-corrected chi connectivity index (χ2v) is 10.7. The van der Waals surface area contributed by atoms with Crippen LogP contribution in [0.5, 0.6) is 0 Å².